The van der Waals surface area contributed by atoms with E-state index in [4.69, 9.17) is 15.4 Å². The molecule has 12 rings (SSSR count). The maximum absolute atomic E-state index is 5.30. The van der Waals surface area contributed by atoms with E-state index >= 15 is 0 Å². The van der Waals surface area contributed by atoms with Crippen LogP contribution >= 0.6 is 0 Å². The van der Waals surface area contributed by atoms with E-state index in [9.17, 15) is 0 Å². The fourth-order valence-corrected chi connectivity index (χ4v) is 12.6. The molecule has 0 aliphatic heterocycles. The van der Waals surface area contributed by atoms with Gasteiger partial charge in [-0.05, 0) is 0 Å². The van der Waals surface area contributed by atoms with Crippen molar-refractivity contribution in [3.8, 4) is 100 Å². The Morgan fingerprint density at radius 2 is 0.627 bits per heavy atom. The Hall–Kier alpha value is -8.27. The van der Waals surface area contributed by atoms with Crippen LogP contribution in [0.15, 0.2) is 249 Å². The van der Waals surface area contributed by atoms with Crippen LogP contribution in [0.2, 0.25) is 0 Å². The van der Waals surface area contributed by atoms with Gasteiger partial charge in [0, 0.05) is 0 Å². The van der Waals surface area contributed by atoms with Gasteiger partial charge in [-0.25, -0.2) is 0 Å². The molecule has 0 aliphatic rings. The zero-order chi connectivity index (χ0) is 44.5. The number of rotatable bonds is 9. The van der Waals surface area contributed by atoms with Crippen LogP contribution in [0.3, 0.4) is 0 Å². The summed E-state index contributed by atoms with van der Waals surface area (Å²) >= 11 is -0.0725. The normalized spacial score (nSPS) is 11.3. The molecule has 2 heterocycles. The molecule has 0 aliphatic carbocycles. The van der Waals surface area contributed by atoms with Crippen molar-refractivity contribution in [1.29, 1.82) is 0 Å². The first kappa shape index (κ1) is 40.3. The second kappa shape index (κ2) is 17.6. The third kappa shape index (κ3) is 7.21. The molecule has 0 unspecified atom stereocenters. The molecule has 12 aromatic rings. The summed E-state index contributed by atoms with van der Waals surface area (Å²) in [5.41, 5.74) is 19.4. The van der Waals surface area contributed by atoms with Crippen LogP contribution in [0.4, 0.5) is 0 Å². The maximum atomic E-state index is 5.30. The number of benzene rings is 10. The average Bonchev–Trinajstić information content (AvgIpc) is 3.80. The van der Waals surface area contributed by atoms with Gasteiger partial charge in [-0.3, -0.25) is 0 Å². The average molecular weight is 919 g/mol. The van der Waals surface area contributed by atoms with Crippen molar-refractivity contribution in [2.24, 2.45) is 0 Å². The second-order valence-corrected chi connectivity index (χ2v) is 18.8. The predicted octanol–water partition coefficient (Wildman–Crippen LogP) is 16.2. The van der Waals surface area contributed by atoms with Crippen LogP contribution in [0.1, 0.15) is 0 Å². The summed E-state index contributed by atoms with van der Waals surface area (Å²) < 4.78 is 2.67. The van der Waals surface area contributed by atoms with Crippen LogP contribution in [-0.4, -0.2) is 29.9 Å². The molecule has 3 nitrogen and oxygen atoms in total. The molecule has 0 radical (unpaired) electrons. The molecule has 0 bridgehead atoms. The minimum atomic E-state index is -0.0725. The standard InChI is InChI=1S/C63H41N3Se/c1-6-24-42(25-7-1)47-34-16-19-37-50(47)57-55(45-30-12-4-13-31-45)58(51-38-20-17-35-48(51)43-26-8-2-9-27-43)63-59(53-40-22-23-41-54(53)67-63)60(57)62-56(46-32-14-5-15-33-46)61(64-66-65-62)52-39-21-18-36-49(52)44-28-10-3-11-29-44/h1-41H. The SMILES string of the molecule is c1ccc(-c2ccccc2-c2nnnc(-c3c(-c4ccccc4-c4ccccc4)c(-c4ccccc4)c(-c4ccccc4-c4ccccc4)c4[se]c5ccccc5c34)c2-c2ccccc2)cc1. The summed E-state index contributed by atoms with van der Waals surface area (Å²) in [5, 5.41) is 17.6. The van der Waals surface area contributed by atoms with Crippen molar-refractivity contribution < 1.29 is 0 Å². The number of fused-ring (bicyclic) bond motifs is 3. The molecular formula is C63H41N3Se. The summed E-state index contributed by atoms with van der Waals surface area (Å²) in [4.78, 5) is 0. The first-order chi connectivity index (χ1) is 33.3. The molecule has 0 N–H and O–H groups in total. The Bertz CT molecular complexity index is 3720. The van der Waals surface area contributed by atoms with Gasteiger partial charge in [0.15, 0.2) is 0 Å². The van der Waals surface area contributed by atoms with E-state index in [1.165, 1.54) is 47.1 Å². The summed E-state index contributed by atoms with van der Waals surface area (Å²) in [6.07, 6.45) is 0. The molecule has 0 saturated heterocycles. The van der Waals surface area contributed by atoms with E-state index in [-0.39, 0.29) is 14.5 Å². The Labute approximate surface area is 396 Å². The van der Waals surface area contributed by atoms with E-state index in [0.29, 0.717) is 0 Å². The Balaban J connectivity index is 1.34. The van der Waals surface area contributed by atoms with E-state index in [1.54, 1.807) is 0 Å². The molecule has 314 valence electrons. The number of hydrogen-bond donors (Lipinski definition) is 0. The first-order valence-electron chi connectivity index (χ1n) is 22.6. The van der Waals surface area contributed by atoms with Crippen molar-refractivity contribution in [3.05, 3.63) is 249 Å². The van der Waals surface area contributed by atoms with Crippen molar-refractivity contribution in [2.75, 3.05) is 0 Å². The molecular weight excluding hydrogens is 878 g/mol. The van der Waals surface area contributed by atoms with Crippen LogP contribution in [0.25, 0.3) is 120 Å². The monoisotopic (exact) mass is 919 g/mol. The molecule has 67 heavy (non-hydrogen) atoms. The van der Waals surface area contributed by atoms with Crippen molar-refractivity contribution in [2.45, 2.75) is 0 Å². The van der Waals surface area contributed by atoms with Crippen molar-refractivity contribution in [1.82, 2.24) is 15.4 Å². The zero-order valence-electron chi connectivity index (χ0n) is 36.4. The van der Waals surface area contributed by atoms with Crippen LogP contribution in [0.5, 0.6) is 0 Å². The van der Waals surface area contributed by atoms with Gasteiger partial charge in [0.2, 0.25) is 0 Å². The van der Waals surface area contributed by atoms with E-state index < -0.39 is 0 Å². The van der Waals surface area contributed by atoms with Gasteiger partial charge in [0.25, 0.3) is 0 Å². The van der Waals surface area contributed by atoms with Gasteiger partial charge in [-0.1, -0.05) is 0 Å². The number of nitrogens with zero attached hydrogens (tertiary/aromatic N) is 3. The van der Waals surface area contributed by atoms with Crippen molar-refractivity contribution >= 4 is 33.8 Å². The van der Waals surface area contributed by atoms with Gasteiger partial charge in [-0.15, -0.1) is 0 Å². The van der Waals surface area contributed by atoms with Crippen LogP contribution in [0, 0.1) is 0 Å². The van der Waals surface area contributed by atoms with Gasteiger partial charge in [0.1, 0.15) is 0 Å². The minimum absolute atomic E-state index is 0.0725. The molecule has 0 atom stereocenters. The van der Waals surface area contributed by atoms with E-state index in [0.717, 1.165) is 72.6 Å². The third-order valence-electron chi connectivity index (χ3n) is 12.8. The van der Waals surface area contributed by atoms with Gasteiger partial charge in [0.05, 0.1) is 0 Å². The molecule has 0 spiro atoms. The molecule has 0 fully saturated rings. The molecule has 2 aromatic heterocycles. The third-order valence-corrected chi connectivity index (χ3v) is 15.3. The Morgan fingerprint density at radius 1 is 0.254 bits per heavy atom. The van der Waals surface area contributed by atoms with E-state index in [1.807, 2.05) is 0 Å². The first-order valence-corrected chi connectivity index (χ1v) is 24.3. The number of aromatic nitrogens is 3. The summed E-state index contributed by atoms with van der Waals surface area (Å²) in [7, 11) is 0. The van der Waals surface area contributed by atoms with Gasteiger partial charge >= 0.3 is 398 Å². The topological polar surface area (TPSA) is 38.7 Å². The zero-order valence-corrected chi connectivity index (χ0v) is 38.1. The molecule has 0 amide bonds. The Kier molecular flexibility index (Phi) is 10.6. The molecule has 0 saturated carbocycles. The molecule has 4 heteroatoms. The second-order valence-electron chi connectivity index (χ2n) is 16.6. The fraction of sp³-hybridized carbons (Fsp3) is 0. The van der Waals surface area contributed by atoms with Gasteiger partial charge < -0.3 is 0 Å². The summed E-state index contributed by atoms with van der Waals surface area (Å²) in [6, 6.07) is 89.4. The summed E-state index contributed by atoms with van der Waals surface area (Å²) in [6.45, 7) is 0. The summed E-state index contributed by atoms with van der Waals surface area (Å²) in [5.74, 6) is 0. The quantitative estimate of drug-likeness (QED) is 0.135. The molecule has 10 aromatic carbocycles. The fourth-order valence-electron chi connectivity index (χ4n) is 9.88. The van der Waals surface area contributed by atoms with Crippen LogP contribution in [-0.2, 0) is 0 Å². The van der Waals surface area contributed by atoms with Gasteiger partial charge in [-0.2, -0.15) is 0 Å². The Morgan fingerprint density at radius 3 is 1.15 bits per heavy atom. The van der Waals surface area contributed by atoms with Crippen LogP contribution < -0.4 is 0 Å². The van der Waals surface area contributed by atoms with E-state index in [2.05, 4.69) is 249 Å². The number of hydrogen-bond acceptors (Lipinski definition) is 3. The van der Waals surface area contributed by atoms with Crippen molar-refractivity contribution in [3.63, 3.8) is 0 Å². The predicted molar refractivity (Wildman–Crippen MR) is 281 cm³/mol.